The minimum Gasteiger partial charge on any atom is -0.298 e. The van der Waals surface area contributed by atoms with Gasteiger partial charge in [0.05, 0.1) is 0 Å². The van der Waals surface area contributed by atoms with Gasteiger partial charge in [0.1, 0.15) is 0 Å². The first-order valence-corrected chi connectivity index (χ1v) is 6.26. The van der Waals surface area contributed by atoms with Crippen molar-refractivity contribution in [3.8, 4) is 0 Å². The fraction of sp³-hybridized carbons (Fsp3) is 1.00. The molecule has 0 aromatic heterocycles. The first kappa shape index (κ1) is 10.5. The summed E-state index contributed by atoms with van der Waals surface area (Å²) in [5.74, 6) is 4.83. The SMILES string of the molecule is CC(C)C1C(C)C1C(C)CN1CC1C. The summed E-state index contributed by atoms with van der Waals surface area (Å²) in [6.07, 6.45) is 0. The van der Waals surface area contributed by atoms with Crippen LogP contribution in [0.25, 0.3) is 0 Å². The highest BCUT2D eigenvalue weighted by Crippen LogP contribution is 2.55. The van der Waals surface area contributed by atoms with Crippen molar-refractivity contribution in [1.29, 1.82) is 0 Å². The van der Waals surface area contributed by atoms with Crippen molar-refractivity contribution < 1.29 is 0 Å². The Hall–Kier alpha value is -0.0400. The first-order chi connectivity index (χ1) is 6.52. The average Bonchev–Trinajstić information content (AvgIpc) is 2.91. The lowest BCUT2D eigenvalue weighted by molar-refractivity contribution is 0.346. The number of hydrogen-bond acceptors (Lipinski definition) is 1. The van der Waals surface area contributed by atoms with Gasteiger partial charge in [-0.1, -0.05) is 27.7 Å². The molecule has 2 aliphatic rings. The number of rotatable bonds is 4. The molecule has 2 fully saturated rings. The van der Waals surface area contributed by atoms with Crippen molar-refractivity contribution in [2.75, 3.05) is 13.1 Å². The molecular weight excluding hydrogens is 170 g/mol. The maximum atomic E-state index is 2.60. The van der Waals surface area contributed by atoms with E-state index in [0.717, 1.165) is 35.6 Å². The van der Waals surface area contributed by atoms with E-state index in [1.165, 1.54) is 13.1 Å². The van der Waals surface area contributed by atoms with E-state index in [2.05, 4.69) is 39.5 Å². The predicted molar refractivity (Wildman–Crippen MR) is 61.2 cm³/mol. The van der Waals surface area contributed by atoms with Gasteiger partial charge in [-0.15, -0.1) is 0 Å². The molecule has 6 unspecified atom stereocenters. The molecular formula is C13H25N. The number of nitrogens with zero attached hydrogens (tertiary/aromatic N) is 1. The molecule has 0 radical (unpaired) electrons. The topological polar surface area (TPSA) is 3.01 Å². The van der Waals surface area contributed by atoms with Crippen molar-refractivity contribution in [2.45, 2.75) is 40.7 Å². The Balaban J connectivity index is 1.79. The quantitative estimate of drug-likeness (QED) is 0.623. The lowest BCUT2D eigenvalue weighted by atomic mass is 9.99. The van der Waals surface area contributed by atoms with Gasteiger partial charge in [0, 0.05) is 19.1 Å². The summed E-state index contributed by atoms with van der Waals surface area (Å²) in [4.78, 5) is 2.60. The summed E-state index contributed by atoms with van der Waals surface area (Å²) in [6.45, 7) is 14.7. The highest BCUT2D eigenvalue weighted by atomic mass is 15.3. The normalized spacial score (nSPS) is 48.0. The van der Waals surface area contributed by atoms with Crippen LogP contribution in [-0.4, -0.2) is 24.0 Å². The van der Waals surface area contributed by atoms with E-state index in [1.807, 2.05) is 0 Å². The fourth-order valence-electron chi connectivity index (χ4n) is 3.51. The lowest BCUT2D eigenvalue weighted by Gasteiger charge is -2.13. The van der Waals surface area contributed by atoms with Crippen molar-refractivity contribution in [3.63, 3.8) is 0 Å². The van der Waals surface area contributed by atoms with Crippen molar-refractivity contribution >= 4 is 0 Å². The molecule has 2 rings (SSSR count). The van der Waals surface area contributed by atoms with E-state index in [4.69, 9.17) is 0 Å². The van der Waals surface area contributed by atoms with E-state index in [-0.39, 0.29) is 0 Å². The second kappa shape index (κ2) is 3.52. The molecule has 6 atom stereocenters. The molecule has 0 amide bonds. The second-order valence-corrected chi connectivity index (χ2v) is 6.04. The van der Waals surface area contributed by atoms with Crippen LogP contribution in [0.2, 0.25) is 0 Å². The minimum atomic E-state index is 0.879. The molecule has 0 aromatic rings. The third-order valence-electron chi connectivity index (χ3n) is 4.46. The van der Waals surface area contributed by atoms with Gasteiger partial charge in [-0.3, -0.25) is 4.90 Å². The van der Waals surface area contributed by atoms with Crippen LogP contribution in [0.1, 0.15) is 34.6 Å². The maximum Gasteiger partial charge on any atom is 0.0195 e. The van der Waals surface area contributed by atoms with Gasteiger partial charge >= 0.3 is 0 Å². The van der Waals surface area contributed by atoms with Crippen LogP contribution in [0.15, 0.2) is 0 Å². The highest BCUT2D eigenvalue weighted by molar-refractivity contribution is 5.00. The van der Waals surface area contributed by atoms with Gasteiger partial charge in [-0.2, -0.15) is 0 Å². The van der Waals surface area contributed by atoms with E-state index in [1.54, 1.807) is 0 Å². The molecule has 1 nitrogen and oxygen atoms in total. The average molecular weight is 195 g/mol. The summed E-state index contributed by atoms with van der Waals surface area (Å²) < 4.78 is 0. The summed E-state index contributed by atoms with van der Waals surface area (Å²) >= 11 is 0. The Morgan fingerprint density at radius 3 is 2.07 bits per heavy atom. The molecule has 1 aliphatic heterocycles. The van der Waals surface area contributed by atoms with Gasteiger partial charge < -0.3 is 0 Å². The van der Waals surface area contributed by atoms with Crippen LogP contribution in [-0.2, 0) is 0 Å². The minimum absolute atomic E-state index is 0.879. The summed E-state index contributed by atoms with van der Waals surface area (Å²) in [6, 6.07) is 0.879. The van der Waals surface area contributed by atoms with Gasteiger partial charge in [0.2, 0.25) is 0 Å². The summed E-state index contributed by atoms with van der Waals surface area (Å²) in [5, 5.41) is 0. The largest absolute Gasteiger partial charge is 0.298 e. The highest BCUT2D eigenvalue weighted by Gasteiger charge is 2.51. The van der Waals surface area contributed by atoms with Crippen LogP contribution in [0.3, 0.4) is 0 Å². The summed E-state index contributed by atoms with van der Waals surface area (Å²) in [5.41, 5.74) is 0. The standard InChI is InChI=1S/C13H25N/c1-8(2)12-11(5)13(12)9(3)6-14-7-10(14)4/h8-13H,6-7H2,1-5H3. The van der Waals surface area contributed by atoms with E-state index in [0.29, 0.717) is 0 Å². The zero-order chi connectivity index (χ0) is 10.5. The molecule has 0 aromatic carbocycles. The Kier molecular flexibility index (Phi) is 2.63. The van der Waals surface area contributed by atoms with Crippen molar-refractivity contribution in [3.05, 3.63) is 0 Å². The second-order valence-electron chi connectivity index (χ2n) is 6.04. The monoisotopic (exact) mass is 195 g/mol. The molecule has 0 bridgehead atoms. The van der Waals surface area contributed by atoms with Crippen LogP contribution < -0.4 is 0 Å². The van der Waals surface area contributed by atoms with Crippen LogP contribution >= 0.6 is 0 Å². The molecule has 1 heteroatoms. The van der Waals surface area contributed by atoms with Gasteiger partial charge in [-0.05, 0) is 36.5 Å². The molecule has 1 saturated heterocycles. The molecule has 0 N–H and O–H groups in total. The van der Waals surface area contributed by atoms with Crippen LogP contribution in [0.5, 0.6) is 0 Å². The lowest BCUT2D eigenvalue weighted by Crippen LogP contribution is -2.15. The van der Waals surface area contributed by atoms with E-state index >= 15 is 0 Å². The van der Waals surface area contributed by atoms with Crippen molar-refractivity contribution in [2.24, 2.45) is 29.6 Å². The predicted octanol–water partition coefficient (Wildman–Crippen LogP) is 2.86. The zero-order valence-corrected chi connectivity index (χ0v) is 10.3. The smallest absolute Gasteiger partial charge is 0.0195 e. The zero-order valence-electron chi connectivity index (χ0n) is 10.3. The molecule has 1 saturated carbocycles. The van der Waals surface area contributed by atoms with Gasteiger partial charge in [0.25, 0.3) is 0 Å². The Labute approximate surface area is 88.9 Å². The van der Waals surface area contributed by atoms with Crippen LogP contribution in [0, 0.1) is 29.6 Å². The maximum absolute atomic E-state index is 2.60. The Bertz CT molecular complexity index is 211. The van der Waals surface area contributed by atoms with Crippen molar-refractivity contribution in [1.82, 2.24) is 4.90 Å². The van der Waals surface area contributed by atoms with Gasteiger partial charge in [-0.25, -0.2) is 0 Å². The third kappa shape index (κ3) is 1.84. The molecule has 1 heterocycles. The van der Waals surface area contributed by atoms with Gasteiger partial charge in [0.15, 0.2) is 0 Å². The van der Waals surface area contributed by atoms with E-state index < -0.39 is 0 Å². The van der Waals surface area contributed by atoms with Crippen LogP contribution in [0.4, 0.5) is 0 Å². The fourth-order valence-corrected chi connectivity index (χ4v) is 3.51. The third-order valence-corrected chi connectivity index (χ3v) is 4.46. The summed E-state index contributed by atoms with van der Waals surface area (Å²) in [7, 11) is 0. The first-order valence-electron chi connectivity index (χ1n) is 6.26. The molecule has 1 aliphatic carbocycles. The van der Waals surface area contributed by atoms with E-state index in [9.17, 15) is 0 Å². The number of hydrogen-bond donors (Lipinski definition) is 0. The molecule has 0 spiro atoms. The Morgan fingerprint density at radius 2 is 1.71 bits per heavy atom. The molecule has 82 valence electrons. The molecule has 14 heavy (non-hydrogen) atoms. The Morgan fingerprint density at radius 1 is 1.14 bits per heavy atom.